The van der Waals surface area contributed by atoms with Crippen molar-refractivity contribution in [2.45, 2.75) is 25.4 Å². The highest BCUT2D eigenvalue weighted by molar-refractivity contribution is 5.78. The van der Waals surface area contributed by atoms with Gasteiger partial charge in [0.15, 0.2) is 0 Å². The van der Waals surface area contributed by atoms with Gasteiger partial charge in [-0.1, -0.05) is 12.1 Å². The molecule has 0 spiro atoms. The predicted molar refractivity (Wildman–Crippen MR) is 68.5 cm³/mol. The minimum Gasteiger partial charge on any atom is -0.393 e. The Balaban J connectivity index is 1.81. The second kappa shape index (κ2) is 5.79. The van der Waals surface area contributed by atoms with Crippen molar-refractivity contribution in [2.24, 2.45) is 5.92 Å². The minimum absolute atomic E-state index is 0.00702. The van der Waals surface area contributed by atoms with Crippen LogP contribution in [0.1, 0.15) is 18.4 Å². The Bertz CT molecular complexity index is 483. The molecule has 0 aliphatic heterocycles. The Morgan fingerprint density at radius 1 is 1.47 bits per heavy atom. The average molecular weight is 264 g/mol. The van der Waals surface area contributed by atoms with E-state index in [1.165, 1.54) is 12.1 Å². The fraction of sp³-hybridized carbons (Fsp3) is 0.462. The number of nitrogens with one attached hydrogen (secondary N) is 1. The highest BCUT2D eigenvalue weighted by Gasteiger charge is 2.27. The van der Waals surface area contributed by atoms with E-state index in [1.54, 1.807) is 12.1 Å². The lowest BCUT2D eigenvalue weighted by molar-refractivity contribution is -0.384. The second-order valence-corrected chi connectivity index (χ2v) is 4.90. The molecule has 0 unspecified atom stereocenters. The van der Waals surface area contributed by atoms with E-state index in [4.69, 9.17) is 5.11 Å². The lowest BCUT2D eigenvalue weighted by atomic mass is 9.82. The number of nitro groups is 1. The second-order valence-electron chi connectivity index (χ2n) is 4.90. The zero-order valence-electron chi connectivity index (χ0n) is 10.4. The molecule has 6 nitrogen and oxygen atoms in total. The molecular formula is C13H16N2O4. The van der Waals surface area contributed by atoms with Gasteiger partial charge in [0.25, 0.3) is 5.69 Å². The number of hydrogen-bond acceptors (Lipinski definition) is 4. The highest BCUT2D eigenvalue weighted by atomic mass is 16.6. The Kier molecular flexibility index (Phi) is 4.11. The summed E-state index contributed by atoms with van der Waals surface area (Å²) in [7, 11) is 0. The predicted octanol–water partition coefficient (Wildman–Crippen LogP) is 1.02. The molecule has 2 N–H and O–H groups in total. The summed E-state index contributed by atoms with van der Waals surface area (Å²) in [6.07, 6.45) is 1.38. The average Bonchev–Trinajstić information content (AvgIpc) is 2.33. The first-order chi connectivity index (χ1) is 9.04. The number of non-ortho nitro benzene ring substituents is 1. The van der Waals surface area contributed by atoms with Gasteiger partial charge in [-0.2, -0.15) is 0 Å². The SMILES string of the molecule is O=C(Cc1cccc([N+](=O)[O-])c1)NCC1CC(O)C1. The molecule has 1 amide bonds. The molecule has 0 bridgehead atoms. The van der Waals surface area contributed by atoms with Crippen LogP contribution in [0.3, 0.4) is 0 Å². The van der Waals surface area contributed by atoms with Crippen molar-refractivity contribution in [1.29, 1.82) is 0 Å². The fourth-order valence-electron chi connectivity index (χ4n) is 2.15. The van der Waals surface area contributed by atoms with Crippen molar-refractivity contribution in [3.63, 3.8) is 0 Å². The minimum atomic E-state index is -0.475. The van der Waals surface area contributed by atoms with E-state index in [9.17, 15) is 14.9 Å². The Labute approximate surface area is 110 Å². The van der Waals surface area contributed by atoms with Crippen LogP contribution in [0.5, 0.6) is 0 Å². The number of nitro benzene ring substituents is 1. The third-order valence-electron chi connectivity index (χ3n) is 3.28. The van der Waals surface area contributed by atoms with E-state index < -0.39 is 4.92 Å². The van der Waals surface area contributed by atoms with E-state index >= 15 is 0 Å². The van der Waals surface area contributed by atoms with Crippen LogP contribution in [0.4, 0.5) is 5.69 Å². The van der Waals surface area contributed by atoms with Crippen molar-refractivity contribution in [1.82, 2.24) is 5.32 Å². The maximum absolute atomic E-state index is 11.7. The van der Waals surface area contributed by atoms with Gasteiger partial charge in [-0.15, -0.1) is 0 Å². The monoisotopic (exact) mass is 264 g/mol. The van der Waals surface area contributed by atoms with Crippen LogP contribution in [0, 0.1) is 16.0 Å². The molecule has 1 aliphatic carbocycles. The van der Waals surface area contributed by atoms with Crippen LogP contribution < -0.4 is 5.32 Å². The van der Waals surface area contributed by atoms with Crippen LogP contribution in [0.2, 0.25) is 0 Å². The van der Waals surface area contributed by atoms with Gasteiger partial charge in [-0.05, 0) is 24.3 Å². The number of carbonyl (C=O) groups is 1. The molecule has 0 saturated heterocycles. The zero-order valence-corrected chi connectivity index (χ0v) is 10.4. The summed E-state index contributed by atoms with van der Waals surface area (Å²) in [5.74, 6) is 0.200. The number of nitrogens with zero attached hydrogens (tertiary/aromatic N) is 1. The number of rotatable bonds is 5. The highest BCUT2D eigenvalue weighted by Crippen LogP contribution is 2.26. The fourth-order valence-corrected chi connectivity index (χ4v) is 2.15. The summed E-state index contributed by atoms with van der Waals surface area (Å²) in [6.45, 7) is 0.560. The summed E-state index contributed by atoms with van der Waals surface area (Å²) in [5, 5.41) is 22.5. The molecule has 1 aromatic rings. The number of hydrogen-bond donors (Lipinski definition) is 2. The Hall–Kier alpha value is -1.95. The van der Waals surface area contributed by atoms with Crippen molar-refractivity contribution >= 4 is 11.6 Å². The molecule has 0 atom stereocenters. The maximum Gasteiger partial charge on any atom is 0.269 e. The van der Waals surface area contributed by atoms with Crippen LogP contribution in [-0.4, -0.2) is 28.6 Å². The lowest BCUT2D eigenvalue weighted by Gasteiger charge is -2.31. The molecule has 2 rings (SSSR count). The molecule has 6 heteroatoms. The molecule has 0 radical (unpaired) electrons. The molecular weight excluding hydrogens is 248 g/mol. The first-order valence-electron chi connectivity index (χ1n) is 6.22. The van der Waals surface area contributed by atoms with Gasteiger partial charge in [0.1, 0.15) is 0 Å². The molecule has 1 saturated carbocycles. The lowest BCUT2D eigenvalue weighted by Crippen LogP contribution is -2.38. The zero-order chi connectivity index (χ0) is 13.8. The number of aliphatic hydroxyl groups excluding tert-OH is 1. The topological polar surface area (TPSA) is 92.5 Å². The quantitative estimate of drug-likeness (QED) is 0.613. The molecule has 0 aromatic heterocycles. The van der Waals surface area contributed by atoms with Crippen LogP contribution in [-0.2, 0) is 11.2 Å². The van der Waals surface area contributed by atoms with Gasteiger partial charge < -0.3 is 10.4 Å². The third kappa shape index (κ3) is 3.75. The van der Waals surface area contributed by atoms with Gasteiger partial charge in [0.05, 0.1) is 17.4 Å². The number of carbonyl (C=O) groups excluding carboxylic acids is 1. The van der Waals surface area contributed by atoms with E-state index in [-0.39, 0.29) is 24.1 Å². The molecule has 1 aliphatic rings. The van der Waals surface area contributed by atoms with Gasteiger partial charge in [0, 0.05) is 18.7 Å². The van der Waals surface area contributed by atoms with Gasteiger partial charge in [-0.25, -0.2) is 0 Å². The van der Waals surface area contributed by atoms with Crippen LogP contribution in [0.15, 0.2) is 24.3 Å². The van der Waals surface area contributed by atoms with Crippen molar-refractivity contribution in [3.05, 3.63) is 39.9 Å². The normalized spacial score (nSPS) is 21.5. The van der Waals surface area contributed by atoms with Crippen LogP contribution in [0.25, 0.3) is 0 Å². The first kappa shape index (κ1) is 13.5. The molecule has 19 heavy (non-hydrogen) atoms. The van der Waals surface area contributed by atoms with E-state index in [0.29, 0.717) is 18.0 Å². The summed E-state index contributed by atoms with van der Waals surface area (Å²) < 4.78 is 0. The van der Waals surface area contributed by atoms with E-state index in [1.807, 2.05) is 0 Å². The maximum atomic E-state index is 11.7. The largest absolute Gasteiger partial charge is 0.393 e. The molecule has 1 fully saturated rings. The molecule has 102 valence electrons. The number of aliphatic hydroxyl groups is 1. The summed E-state index contributed by atoms with van der Waals surface area (Å²) >= 11 is 0. The smallest absolute Gasteiger partial charge is 0.269 e. The van der Waals surface area contributed by atoms with E-state index in [0.717, 1.165) is 12.8 Å². The number of benzene rings is 1. The van der Waals surface area contributed by atoms with Crippen LogP contribution >= 0.6 is 0 Å². The third-order valence-corrected chi connectivity index (χ3v) is 3.28. The first-order valence-corrected chi connectivity index (χ1v) is 6.22. The van der Waals surface area contributed by atoms with E-state index in [2.05, 4.69) is 5.32 Å². The summed E-state index contributed by atoms with van der Waals surface area (Å²) in [5.41, 5.74) is 0.618. The van der Waals surface area contributed by atoms with Crippen molar-refractivity contribution < 1.29 is 14.8 Å². The molecule has 0 heterocycles. The standard InChI is InChI=1S/C13H16N2O4/c16-12-5-10(6-12)8-14-13(17)7-9-2-1-3-11(4-9)15(18)19/h1-4,10,12,16H,5-8H2,(H,14,17). The Morgan fingerprint density at radius 2 is 2.21 bits per heavy atom. The summed E-state index contributed by atoms with van der Waals surface area (Å²) in [6, 6.07) is 6.08. The van der Waals surface area contributed by atoms with Gasteiger partial charge in [0.2, 0.25) is 5.91 Å². The summed E-state index contributed by atoms with van der Waals surface area (Å²) in [4.78, 5) is 21.8. The van der Waals surface area contributed by atoms with Gasteiger partial charge in [-0.3, -0.25) is 14.9 Å². The Morgan fingerprint density at radius 3 is 2.84 bits per heavy atom. The van der Waals surface area contributed by atoms with Crippen molar-refractivity contribution in [2.75, 3.05) is 6.54 Å². The van der Waals surface area contributed by atoms with Gasteiger partial charge >= 0.3 is 0 Å². The number of amides is 1. The molecule has 1 aromatic carbocycles. The van der Waals surface area contributed by atoms with Crippen molar-refractivity contribution in [3.8, 4) is 0 Å².